The molecule has 0 radical (unpaired) electrons. The van der Waals surface area contributed by atoms with Crippen LogP contribution in [-0.4, -0.2) is 10.8 Å². The Morgan fingerprint density at radius 3 is 2.50 bits per heavy atom. The van der Waals surface area contributed by atoms with Crippen LogP contribution in [0.4, 0.5) is 0 Å². The van der Waals surface area contributed by atoms with Crippen molar-refractivity contribution in [3.8, 4) is 0 Å². The maximum Gasteiger partial charge on any atom is 0.170 e. The molecule has 0 saturated carbocycles. The van der Waals surface area contributed by atoms with E-state index >= 15 is 0 Å². The van der Waals surface area contributed by atoms with E-state index in [1.54, 1.807) is 12.4 Å². The van der Waals surface area contributed by atoms with Crippen LogP contribution in [0.5, 0.6) is 0 Å². The van der Waals surface area contributed by atoms with E-state index in [9.17, 15) is 4.79 Å². The van der Waals surface area contributed by atoms with E-state index in [1.165, 1.54) is 0 Å². The van der Waals surface area contributed by atoms with Crippen molar-refractivity contribution in [2.24, 2.45) is 0 Å². The van der Waals surface area contributed by atoms with E-state index in [-0.39, 0.29) is 11.7 Å². The second-order valence-electron chi connectivity index (χ2n) is 3.74. The van der Waals surface area contributed by atoms with Gasteiger partial charge in [-0.05, 0) is 11.6 Å². The largest absolute Gasteiger partial charge is 0.294 e. The van der Waals surface area contributed by atoms with Crippen LogP contribution >= 0.6 is 0 Å². The molecule has 0 spiro atoms. The lowest BCUT2D eigenvalue weighted by molar-refractivity contribution is 0.0966. The third-order valence-electron chi connectivity index (χ3n) is 2.64. The maximum atomic E-state index is 12.1. The summed E-state index contributed by atoms with van der Waals surface area (Å²) in [5.74, 6) is -0.00954. The number of hydrogen-bond acceptors (Lipinski definition) is 2. The molecule has 0 saturated heterocycles. The summed E-state index contributed by atoms with van der Waals surface area (Å²) in [6.45, 7) is 1.91. The molecule has 1 unspecified atom stereocenters. The summed E-state index contributed by atoms with van der Waals surface area (Å²) >= 11 is 0. The fraction of sp³-hybridized carbons (Fsp3) is 0.143. The van der Waals surface area contributed by atoms with Crippen molar-refractivity contribution in [3.63, 3.8) is 0 Å². The zero-order valence-corrected chi connectivity index (χ0v) is 9.13. The molecule has 2 nitrogen and oxygen atoms in total. The molecule has 1 aromatic heterocycles. The van der Waals surface area contributed by atoms with Crippen molar-refractivity contribution in [1.82, 2.24) is 4.98 Å². The van der Waals surface area contributed by atoms with Gasteiger partial charge in [0.2, 0.25) is 0 Å². The van der Waals surface area contributed by atoms with Crippen LogP contribution in [0.2, 0.25) is 0 Å². The first-order valence-corrected chi connectivity index (χ1v) is 5.28. The van der Waals surface area contributed by atoms with Gasteiger partial charge in [0.15, 0.2) is 5.78 Å². The van der Waals surface area contributed by atoms with Gasteiger partial charge in [0.05, 0.1) is 0 Å². The van der Waals surface area contributed by atoms with Crippen LogP contribution in [-0.2, 0) is 0 Å². The van der Waals surface area contributed by atoms with Crippen LogP contribution in [0.3, 0.4) is 0 Å². The second-order valence-corrected chi connectivity index (χ2v) is 3.74. The minimum absolute atomic E-state index is 0.133. The Labute approximate surface area is 95.0 Å². The van der Waals surface area contributed by atoms with Gasteiger partial charge in [-0.3, -0.25) is 9.78 Å². The minimum atomic E-state index is -0.143. The number of carbonyl (C=O) groups is 1. The quantitative estimate of drug-likeness (QED) is 0.730. The Morgan fingerprint density at radius 2 is 1.88 bits per heavy atom. The van der Waals surface area contributed by atoms with E-state index in [0.29, 0.717) is 0 Å². The van der Waals surface area contributed by atoms with Crippen molar-refractivity contribution >= 4 is 5.78 Å². The molecule has 0 bridgehead atoms. The first kappa shape index (κ1) is 10.6. The molecular formula is C14H13NO. The summed E-state index contributed by atoms with van der Waals surface area (Å²) in [5, 5.41) is 0. The molecule has 1 heterocycles. The number of nitrogens with zero attached hydrogens (tertiary/aromatic N) is 1. The van der Waals surface area contributed by atoms with Gasteiger partial charge in [-0.2, -0.15) is 0 Å². The lowest BCUT2D eigenvalue weighted by Gasteiger charge is -2.09. The van der Waals surface area contributed by atoms with Gasteiger partial charge in [0.1, 0.15) is 0 Å². The summed E-state index contributed by atoms with van der Waals surface area (Å²) in [4.78, 5) is 16.1. The highest BCUT2D eigenvalue weighted by Gasteiger charge is 2.16. The zero-order chi connectivity index (χ0) is 11.4. The number of Topliss-reactive ketones (excluding diaryl/α,β-unsaturated/α-hetero) is 1. The van der Waals surface area contributed by atoms with E-state index in [4.69, 9.17) is 0 Å². The number of carbonyl (C=O) groups excluding carboxylic acids is 1. The normalized spacial score (nSPS) is 12.1. The average molecular weight is 211 g/mol. The molecule has 2 heteroatoms. The van der Waals surface area contributed by atoms with E-state index < -0.39 is 0 Å². The highest BCUT2D eigenvalue weighted by atomic mass is 16.1. The highest BCUT2D eigenvalue weighted by molar-refractivity contribution is 6.00. The lowest BCUT2D eigenvalue weighted by Crippen LogP contribution is -2.09. The average Bonchev–Trinajstić information content (AvgIpc) is 2.39. The molecule has 0 N–H and O–H groups in total. The fourth-order valence-electron chi connectivity index (χ4n) is 1.64. The van der Waals surface area contributed by atoms with Gasteiger partial charge in [0, 0.05) is 23.9 Å². The third kappa shape index (κ3) is 2.16. The Kier molecular flexibility index (Phi) is 3.10. The van der Waals surface area contributed by atoms with Gasteiger partial charge in [0.25, 0.3) is 0 Å². The van der Waals surface area contributed by atoms with Crippen molar-refractivity contribution < 1.29 is 4.79 Å². The van der Waals surface area contributed by atoms with E-state index in [2.05, 4.69) is 4.98 Å². The van der Waals surface area contributed by atoms with Gasteiger partial charge >= 0.3 is 0 Å². The predicted octanol–water partition coefficient (Wildman–Crippen LogP) is 3.07. The molecule has 1 aromatic carbocycles. The second kappa shape index (κ2) is 4.71. The van der Waals surface area contributed by atoms with Crippen LogP contribution in [0.15, 0.2) is 54.9 Å². The summed E-state index contributed by atoms with van der Waals surface area (Å²) in [7, 11) is 0. The van der Waals surface area contributed by atoms with Gasteiger partial charge in [-0.1, -0.05) is 43.3 Å². The van der Waals surface area contributed by atoms with Gasteiger partial charge < -0.3 is 0 Å². The predicted molar refractivity (Wildman–Crippen MR) is 63.4 cm³/mol. The van der Waals surface area contributed by atoms with Crippen molar-refractivity contribution in [1.29, 1.82) is 0 Å². The van der Waals surface area contributed by atoms with Crippen molar-refractivity contribution in [2.45, 2.75) is 12.8 Å². The molecule has 2 rings (SSSR count). The number of ketones is 1. The fourth-order valence-corrected chi connectivity index (χ4v) is 1.64. The smallest absolute Gasteiger partial charge is 0.170 e. The van der Waals surface area contributed by atoms with Crippen molar-refractivity contribution in [3.05, 3.63) is 66.0 Å². The molecule has 0 aliphatic rings. The van der Waals surface area contributed by atoms with Crippen LogP contribution in [0.25, 0.3) is 0 Å². The summed E-state index contributed by atoms with van der Waals surface area (Å²) in [6.07, 6.45) is 3.45. The molecule has 16 heavy (non-hydrogen) atoms. The lowest BCUT2D eigenvalue weighted by atomic mass is 9.94. The minimum Gasteiger partial charge on any atom is -0.294 e. The SMILES string of the molecule is CC(C(=O)c1ccccc1)c1cccnc1. The molecule has 2 aromatic rings. The summed E-state index contributed by atoms with van der Waals surface area (Å²) < 4.78 is 0. The Morgan fingerprint density at radius 1 is 1.12 bits per heavy atom. The van der Waals surface area contributed by atoms with Gasteiger partial charge in [-0.15, -0.1) is 0 Å². The number of benzene rings is 1. The van der Waals surface area contributed by atoms with Crippen LogP contribution < -0.4 is 0 Å². The van der Waals surface area contributed by atoms with Crippen LogP contribution in [0.1, 0.15) is 28.8 Å². The molecule has 80 valence electrons. The van der Waals surface area contributed by atoms with Crippen LogP contribution in [0, 0.1) is 0 Å². The molecule has 0 aliphatic heterocycles. The maximum absolute atomic E-state index is 12.1. The topological polar surface area (TPSA) is 30.0 Å². The number of aromatic nitrogens is 1. The number of rotatable bonds is 3. The summed E-state index contributed by atoms with van der Waals surface area (Å²) in [6, 6.07) is 13.1. The Bertz CT molecular complexity index is 465. The molecule has 0 fully saturated rings. The third-order valence-corrected chi connectivity index (χ3v) is 2.64. The van der Waals surface area contributed by atoms with E-state index in [1.807, 2.05) is 49.4 Å². The van der Waals surface area contributed by atoms with E-state index in [0.717, 1.165) is 11.1 Å². The Balaban J connectivity index is 2.24. The molecular weight excluding hydrogens is 198 g/mol. The number of hydrogen-bond donors (Lipinski definition) is 0. The first-order chi connectivity index (χ1) is 7.79. The summed E-state index contributed by atoms with van der Waals surface area (Å²) in [5.41, 5.74) is 1.70. The monoisotopic (exact) mass is 211 g/mol. The number of pyridine rings is 1. The highest BCUT2D eigenvalue weighted by Crippen LogP contribution is 2.19. The zero-order valence-electron chi connectivity index (χ0n) is 9.13. The molecule has 0 amide bonds. The molecule has 1 atom stereocenters. The molecule has 0 aliphatic carbocycles. The Hall–Kier alpha value is -1.96. The van der Waals surface area contributed by atoms with Gasteiger partial charge in [-0.25, -0.2) is 0 Å². The van der Waals surface area contributed by atoms with Crippen molar-refractivity contribution in [2.75, 3.05) is 0 Å². The first-order valence-electron chi connectivity index (χ1n) is 5.28. The standard InChI is InChI=1S/C14H13NO/c1-11(13-8-5-9-15-10-13)14(16)12-6-3-2-4-7-12/h2-11H,1H3.